The maximum absolute atomic E-state index is 11.3. The highest BCUT2D eigenvalue weighted by Gasteiger charge is 2.32. The van der Waals surface area contributed by atoms with E-state index in [-0.39, 0.29) is 30.3 Å². The minimum Gasteiger partial charge on any atom is -0.478 e. The fourth-order valence-corrected chi connectivity index (χ4v) is 5.75. The molecule has 5 rings (SSSR count). The third-order valence-electron chi connectivity index (χ3n) is 7.14. The van der Waals surface area contributed by atoms with Crippen LogP contribution in [0.3, 0.4) is 0 Å². The van der Waals surface area contributed by atoms with Gasteiger partial charge in [0.25, 0.3) is 0 Å². The smallest absolute Gasteiger partial charge is 0.335 e. The molecule has 4 aromatic carbocycles. The van der Waals surface area contributed by atoms with Crippen LogP contribution >= 0.6 is 11.8 Å². The van der Waals surface area contributed by atoms with Gasteiger partial charge in [-0.05, 0) is 58.1 Å². The van der Waals surface area contributed by atoms with Crippen molar-refractivity contribution in [3.05, 3.63) is 125 Å². The Morgan fingerprint density at radius 3 is 2.24 bits per heavy atom. The van der Waals surface area contributed by atoms with Gasteiger partial charge in [0.05, 0.1) is 24.4 Å². The zero-order valence-electron chi connectivity index (χ0n) is 23.2. The van der Waals surface area contributed by atoms with E-state index in [9.17, 15) is 19.8 Å². The van der Waals surface area contributed by atoms with E-state index < -0.39 is 12.3 Å². The van der Waals surface area contributed by atoms with Gasteiger partial charge in [-0.1, -0.05) is 66.7 Å². The molecule has 0 spiro atoms. The van der Waals surface area contributed by atoms with Crippen molar-refractivity contribution in [3.63, 3.8) is 0 Å². The topological polar surface area (TPSA) is 105 Å². The lowest BCUT2D eigenvalue weighted by Crippen LogP contribution is -2.31. The van der Waals surface area contributed by atoms with Gasteiger partial charge in [-0.15, -0.1) is 11.8 Å². The Morgan fingerprint density at radius 1 is 0.857 bits per heavy atom. The summed E-state index contributed by atoms with van der Waals surface area (Å²) in [5, 5.41) is 21.5. The van der Waals surface area contributed by atoms with Crippen LogP contribution in [0.1, 0.15) is 58.4 Å². The molecule has 42 heavy (non-hydrogen) atoms. The van der Waals surface area contributed by atoms with Crippen LogP contribution in [-0.2, 0) is 27.4 Å². The molecule has 0 unspecified atom stereocenters. The van der Waals surface area contributed by atoms with Crippen LogP contribution in [0.2, 0.25) is 0 Å². The number of ether oxygens (including phenoxy) is 2. The highest BCUT2D eigenvalue weighted by Crippen LogP contribution is 2.40. The number of carbonyl (C=O) groups is 2. The van der Waals surface area contributed by atoms with E-state index >= 15 is 0 Å². The van der Waals surface area contributed by atoms with Crippen molar-refractivity contribution in [1.29, 1.82) is 0 Å². The summed E-state index contributed by atoms with van der Waals surface area (Å²) in [5.41, 5.74) is 6.16. The maximum Gasteiger partial charge on any atom is 0.335 e. The van der Waals surface area contributed by atoms with Crippen molar-refractivity contribution in [1.82, 2.24) is 5.32 Å². The van der Waals surface area contributed by atoms with Crippen LogP contribution in [0.4, 0.5) is 0 Å². The van der Waals surface area contributed by atoms with Gasteiger partial charge in [0.15, 0.2) is 6.29 Å². The number of thioether (sulfide) groups is 1. The second-order valence-electron chi connectivity index (χ2n) is 10.2. The maximum atomic E-state index is 11.3. The Hall–Kier alpha value is -3.95. The first kappa shape index (κ1) is 29.5. The van der Waals surface area contributed by atoms with Crippen molar-refractivity contribution < 1.29 is 29.3 Å². The molecule has 1 fully saturated rings. The van der Waals surface area contributed by atoms with E-state index in [0.717, 1.165) is 38.3 Å². The normalized spacial score (nSPS) is 18.4. The van der Waals surface area contributed by atoms with E-state index in [1.807, 2.05) is 78.9 Å². The Labute approximate surface area is 249 Å². The summed E-state index contributed by atoms with van der Waals surface area (Å²) < 4.78 is 12.9. The number of nitrogens with one attached hydrogen (secondary N) is 1. The summed E-state index contributed by atoms with van der Waals surface area (Å²) >= 11 is 1.62. The first-order chi connectivity index (χ1) is 20.4. The van der Waals surface area contributed by atoms with Crippen molar-refractivity contribution >= 4 is 23.6 Å². The summed E-state index contributed by atoms with van der Waals surface area (Å²) in [5.74, 6) is -0.329. The molecule has 216 valence electrons. The molecular weight excluding hydrogens is 550 g/mol. The molecular formula is C34H33NO6S. The van der Waals surface area contributed by atoms with Crippen LogP contribution < -0.4 is 5.32 Å². The van der Waals surface area contributed by atoms with E-state index in [0.29, 0.717) is 18.7 Å². The number of benzene rings is 4. The Balaban J connectivity index is 1.33. The molecule has 1 aliphatic rings. The van der Waals surface area contributed by atoms with E-state index in [4.69, 9.17) is 9.47 Å². The van der Waals surface area contributed by atoms with Gasteiger partial charge in [-0.2, -0.15) is 0 Å². The predicted molar refractivity (Wildman–Crippen MR) is 162 cm³/mol. The zero-order valence-corrected chi connectivity index (χ0v) is 24.1. The fourth-order valence-electron chi connectivity index (χ4n) is 4.83. The third kappa shape index (κ3) is 7.66. The number of rotatable bonds is 10. The number of aliphatic hydroxyl groups excluding tert-OH is 1. The molecule has 1 saturated heterocycles. The second kappa shape index (κ2) is 13.8. The average Bonchev–Trinajstić information content (AvgIpc) is 3.03. The minimum absolute atomic E-state index is 0.0139. The van der Waals surface area contributed by atoms with Crippen molar-refractivity contribution in [3.8, 4) is 11.1 Å². The quantitative estimate of drug-likeness (QED) is 0.183. The Kier molecular flexibility index (Phi) is 9.71. The molecule has 1 aliphatic heterocycles. The summed E-state index contributed by atoms with van der Waals surface area (Å²) in [7, 11) is 0. The number of hydrogen-bond acceptors (Lipinski definition) is 6. The lowest BCUT2D eigenvalue weighted by atomic mass is 9.99. The molecule has 0 aliphatic carbocycles. The number of carboxylic acids is 1. The highest BCUT2D eigenvalue weighted by molar-refractivity contribution is 7.99. The minimum atomic E-state index is -0.944. The van der Waals surface area contributed by atoms with Crippen molar-refractivity contribution in [2.75, 3.05) is 5.75 Å². The van der Waals surface area contributed by atoms with Gasteiger partial charge in [-0.3, -0.25) is 4.79 Å². The van der Waals surface area contributed by atoms with Gasteiger partial charge < -0.3 is 25.0 Å². The van der Waals surface area contributed by atoms with Crippen LogP contribution in [-0.4, -0.2) is 33.9 Å². The van der Waals surface area contributed by atoms with Crippen molar-refractivity contribution in [2.24, 2.45) is 0 Å². The second-order valence-corrected chi connectivity index (χ2v) is 11.3. The monoisotopic (exact) mass is 583 g/mol. The number of aromatic carboxylic acids is 1. The molecule has 1 amide bonds. The summed E-state index contributed by atoms with van der Waals surface area (Å²) in [4.78, 5) is 23.5. The van der Waals surface area contributed by atoms with E-state index in [1.165, 1.54) is 6.92 Å². The average molecular weight is 584 g/mol. The number of aliphatic hydroxyl groups is 1. The summed E-state index contributed by atoms with van der Waals surface area (Å²) in [6.07, 6.45) is -0.211. The largest absolute Gasteiger partial charge is 0.478 e. The van der Waals surface area contributed by atoms with E-state index in [1.54, 1.807) is 23.9 Å². The van der Waals surface area contributed by atoms with Crippen molar-refractivity contribution in [2.45, 2.75) is 49.9 Å². The first-order valence-electron chi connectivity index (χ1n) is 13.8. The SMILES string of the molecule is CC(=O)NCc1cccc(-c2ccc([C@@H]3O[C@H](CSc4ccc(C(=O)O)cc4)C[C@H](c4ccc(CO)cc4)O3)cc2)c1. The predicted octanol–water partition coefficient (Wildman–Crippen LogP) is 6.52. The van der Waals surface area contributed by atoms with E-state index in [2.05, 4.69) is 11.4 Å². The van der Waals surface area contributed by atoms with Gasteiger partial charge in [-0.25, -0.2) is 4.79 Å². The molecule has 0 bridgehead atoms. The van der Waals surface area contributed by atoms with Gasteiger partial charge in [0.2, 0.25) is 5.91 Å². The van der Waals surface area contributed by atoms with Crippen LogP contribution in [0.15, 0.2) is 102 Å². The summed E-state index contributed by atoms with van der Waals surface area (Å²) in [6.45, 7) is 1.98. The molecule has 1 heterocycles. The number of carboxylic acid groups (broad SMARTS) is 1. The molecule has 7 nitrogen and oxygen atoms in total. The molecule has 8 heteroatoms. The lowest BCUT2D eigenvalue weighted by molar-refractivity contribution is -0.245. The number of hydrogen-bond donors (Lipinski definition) is 3. The zero-order chi connectivity index (χ0) is 29.5. The van der Waals surface area contributed by atoms with Gasteiger partial charge in [0, 0.05) is 36.1 Å². The lowest BCUT2D eigenvalue weighted by Gasteiger charge is -2.36. The molecule has 3 N–H and O–H groups in total. The standard InChI is InChI=1S/C34H33NO6S/c1-22(37)35-19-24-3-2-4-29(17-24)25-9-11-28(12-10-25)34-40-30(21-42-31-15-13-27(14-16-31)33(38)39)18-32(41-34)26-7-5-23(20-36)6-8-26/h2-17,30,32,34,36H,18-21H2,1H3,(H,35,37)(H,38,39)/t30-,32+,34+/m0/s1. The van der Waals surface area contributed by atoms with Crippen LogP contribution in [0.25, 0.3) is 11.1 Å². The Bertz CT molecular complexity index is 1500. The van der Waals surface area contributed by atoms with Gasteiger partial charge in [0.1, 0.15) is 0 Å². The molecule has 0 saturated carbocycles. The van der Waals surface area contributed by atoms with Crippen LogP contribution in [0, 0.1) is 0 Å². The third-order valence-corrected chi connectivity index (χ3v) is 8.28. The number of amides is 1. The summed E-state index contributed by atoms with van der Waals surface area (Å²) in [6, 6.07) is 30.9. The first-order valence-corrected chi connectivity index (χ1v) is 14.8. The molecule has 3 atom stereocenters. The molecule has 0 radical (unpaired) electrons. The Morgan fingerprint density at radius 2 is 1.57 bits per heavy atom. The highest BCUT2D eigenvalue weighted by atomic mass is 32.2. The molecule has 0 aromatic heterocycles. The fraction of sp³-hybridized carbons (Fsp3) is 0.235. The van der Waals surface area contributed by atoms with Crippen LogP contribution in [0.5, 0.6) is 0 Å². The number of carbonyl (C=O) groups excluding carboxylic acids is 1. The molecule has 4 aromatic rings. The van der Waals surface area contributed by atoms with Gasteiger partial charge >= 0.3 is 5.97 Å².